The number of fused-ring (bicyclic) bond motifs is 1. The van der Waals surface area contributed by atoms with Crippen molar-refractivity contribution in [2.45, 2.75) is 12.1 Å². The van der Waals surface area contributed by atoms with Crippen LogP contribution in [0.4, 0.5) is 11.4 Å². The van der Waals surface area contributed by atoms with Crippen molar-refractivity contribution in [2.75, 3.05) is 24.2 Å². The van der Waals surface area contributed by atoms with E-state index in [1.807, 2.05) is 54.6 Å². The normalized spacial score (nSPS) is 22.2. The number of hydrogen-bond acceptors (Lipinski definition) is 6. The zero-order valence-corrected chi connectivity index (χ0v) is 17.7. The Labute approximate surface area is 185 Å². The first kappa shape index (κ1) is 20.1. The minimum Gasteiger partial charge on any atom is -0.497 e. The number of methoxy groups -OCH3 is 2. The van der Waals surface area contributed by atoms with Crippen molar-refractivity contribution < 1.29 is 23.9 Å². The van der Waals surface area contributed by atoms with E-state index in [4.69, 9.17) is 14.3 Å². The van der Waals surface area contributed by atoms with Gasteiger partial charge in [-0.15, -0.1) is 0 Å². The van der Waals surface area contributed by atoms with Crippen LogP contribution >= 0.6 is 0 Å². The number of anilines is 2. The Morgan fingerprint density at radius 1 is 0.781 bits per heavy atom. The lowest BCUT2D eigenvalue weighted by atomic mass is 9.90. The molecule has 7 nitrogen and oxygen atoms in total. The highest BCUT2D eigenvalue weighted by atomic mass is 16.7. The number of hydroxylamine groups is 1. The zero-order chi connectivity index (χ0) is 22.2. The van der Waals surface area contributed by atoms with Crippen LogP contribution in [-0.4, -0.2) is 32.1 Å². The number of amides is 2. The fourth-order valence-electron chi connectivity index (χ4n) is 4.41. The third-order valence-corrected chi connectivity index (χ3v) is 5.91. The van der Waals surface area contributed by atoms with E-state index in [1.165, 1.54) is 12.0 Å². The van der Waals surface area contributed by atoms with Gasteiger partial charge in [-0.25, -0.2) is 9.96 Å². The van der Waals surface area contributed by atoms with Crippen molar-refractivity contribution in [3.05, 3.63) is 84.4 Å². The van der Waals surface area contributed by atoms with E-state index in [2.05, 4.69) is 0 Å². The standard InChI is InChI=1S/C25H22N2O5/c1-30-18-14-12-16(13-15-18)22-21-23(32-27(22)17-8-4-3-5-9-17)25(29)26(24(21)28)19-10-6-7-11-20(19)31-2/h3-15,21-23H,1-2H3/t21-,22+,23-/m1/s1. The van der Waals surface area contributed by atoms with Crippen LogP contribution in [0, 0.1) is 5.92 Å². The number of ether oxygens (including phenoxy) is 2. The molecule has 0 spiro atoms. The third-order valence-electron chi connectivity index (χ3n) is 5.91. The molecule has 3 atom stereocenters. The van der Waals surface area contributed by atoms with Crippen LogP contribution in [0.3, 0.4) is 0 Å². The molecule has 0 unspecified atom stereocenters. The summed E-state index contributed by atoms with van der Waals surface area (Å²) in [5.41, 5.74) is 2.04. The van der Waals surface area contributed by atoms with Gasteiger partial charge in [-0.05, 0) is 42.0 Å². The second-order valence-corrected chi connectivity index (χ2v) is 7.61. The van der Waals surface area contributed by atoms with Crippen molar-refractivity contribution in [1.29, 1.82) is 0 Å². The Bertz CT molecular complexity index is 1150. The van der Waals surface area contributed by atoms with Gasteiger partial charge in [0.15, 0.2) is 6.10 Å². The van der Waals surface area contributed by atoms with Crippen LogP contribution < -0.4 is 19.4 Å². The smallest absolute Gasteiger partial charge is 0.266 e. The zero-order valence-electron chi connectivity index (χ0n) is 17.7. The number of nitrogens with zero attached hydrogens (tertiary/aromatic N) is 2. The van der Waals surface area contributed by atoms with Crippen molar-refractivity contribution in [1.82, 2.24) is 0 Å². The van der Waals surface area contributed by atoms with E-state index in [0.29, 0.717) is 17.2 Å². The number of imide groups is 1. The molecule has 3 aromatic rings. The maximum absolute atomic E-state index is 13.7. The van der Waals surface area contributed by atoms with E-state index in [0.717, 1.165) is 11.3 Å². The molecule has 162 valence electrons. The fourth-order valence-corrected chi connectivity index (χ4v) is 4.41. The van der Waals surface area contributed by atoms with Crippen LogP contribution in [-0.2, 0) is 14.4 Å². The van der Waals surface area contributed by atoms with Crippen molar-refractivity contribution in [2.24, 2.45) is 5.92 Å². The Morgan fingerprint density at radius 3 is 2.16 bits per heavy atom. The van der Waals surface area contributed by atoms with Gasteiger partial charge >= 0.3 is 0 Å². The van der Waals surface area contributed by atoms with Crippen molar-refractivity contribution in [3.63, 3.8) is 0 Å². The van der Waals surface area contributed by atoms with Crippen LogP contribution in [0.15, 0.2) is 78.9 Å². The van der Waals surface area contributed by atoms with E-state index < -0.39 is 24.0 Å². The second kappa shape index (κ2) is 8.01. The molecule has 32 heavy (non-hydrogen) atoms. The first-order chi connectivity index (χ1) is 15.6. The van der Waals surface area contributed by atoms with E-state index in [-0.39, 0.29) is 5.91 Å². The molecule has 0 saturated carbocycles. The van der Waals surface area contributed by atoms with Crippen LogP contribution in [0.5, 0.6) is 11.5 Å². The second-order valence-electron chi connectivity index (χ2n) is 7.61. The van der Waals surface area contributed by atoms with Crippen LogP contribution in [0.25, 0.3) is 0 Å². The molecule has 0 N–H and O–H groups in total. The van der Waals surface area contributed by atoms with E-state index in [9.17, 15) is 9.59 Å². The molecule has 2 amide bonds. The lowest BCUT2D eigenvalue weighted by Crippen LogP contribution is -2.37. The monoisotopic (exact) mass is 430 g/mol. The number of carbonyl (C=O) groups excluding carboxylic acids is 2. The van der Waals surface area contributed by atoms with Gasteiger partial charge in [0, 0.05) is 0 Å². The summed E-state index contributed by atoms with van der Waals surface area (Å²) >= 11 is 0. The van der Waals surface area contributed by atoms with Crippen LogP contribution in [0.1, 0.15) is 11.6 Å². The summed E-state index contributed by atoms with van der Waals surface area (Å²) in [6, 6.07) is 23.5. The average Bonchev–Trinajstić information content (AvgIpc) is 3.35. The highest BCUT2D eigenvalue weighted by Gasteiger charge is 2.60. The lowest BCUT2D eigenvalue weighted by molar-refractivity contribution is -0.126. The summed E-state index contributed by atoms with van der Waals surface area (Å²) in [6.07, 6.45) is -0.931. The molecule has 0 radical (unpaired) electrons. The maximum atomic E-state index is 13.7. The molecule has 5 rings (SSSR count). The van der Waals surface area contributed by atoms with Gasteiger partial charge in [0.05, 0.1) is 31.6 Å². The van der Waals surface area contributed by atoms with E-state index >= 15 is 0 Å². The molecule has 2 heterocycles. The predicted molar refractivity (Wildman–Crippen MR) is 119 cm³/mol. The first-order valence-corrected chi connectivity index (χ1v) is 10.3. The van der Waals surface area contributed by atoms with E-state index in [1.54, 1.807) is 36.4 Å². The van der Waals surface area contributed by atoms with Gasteiger partial charge in [0.1, 0.15) is 17.4 Å². The van der Waals surface area contributed by atoms with Gasteiger partial charge < -0.3 is 9.47 Å². The molecule has 7 heteroatoms. The molecule has 2 fully saturated rings. The molecule has 3 aromatic carbocycles. The molecule has 0 aromatic heterocycles. The summed E-state index contributed by atoms with van der Waals surface area (Å²) in [5.74, 6) is -0.263. The van der Waals surface area contributed by atoms with Crippen molar-refractivity contribution >= 4 is 23.2 Å². The minimum absolute atomic E-state index is 0.316. The Kier molecular flexibility index (Phi) is 5.03. The Balaban J connectivity index is 1.59. The number of carbonyl (C=O) groups is 2. The minimum atomic E-state index is -0.931. The molecule has 2 aliphatic rings. The summed E-state index contributed by atoms with van der Waals surface area (Å²) in [5, 5.41) is 1.67. The number of hydrogen-bond donors (Lipinski definition) is 0. The average molecular weight is 430 g/mol. The van der Waals surface area contributed by atoms with Gasteiger partial charge in [-0.2, -0.15) is 0 Å². The SMILES string of the molecule is COc1ccc([C@H]2[C@H]3C(=O)N(c4ccccc4OC)C(=O)[C@@H]3ON2c2ccccc2)cc1. The highest BCUT2D eigenvalue weighted by molar-refractivity contribution is 6.24. The quantitative estimate of drug-likeness (QED) is 0.575. The summed E-state index contributed by atoms with van der Waals surface area (Å²) in [7, 11) is 3.11. The topological polar surface area (TPSA) is 68.3 Å². The van der Waals surface area contributed by atoms with Gasteiger partial charge in [-0.1, -0.05) is 42.5 Å². The molecular formula is C25H22N2O5. The van der Waals surface area contributed by atoms with Gasteiger partial charge in [0.25, 0.3) is 5.91 Å². The fraction of sp³-hybridized carbons (Fsp3) is 0.200. The molecular weight excluding hydrogens is 408 g/mol. The third kappa shape index (κ3) is 3.09. The summed E-state index contributed by atoms with van der Waals surface area (Å²) < 4.78 is 10.7. The predicted octanol–water partition coefficient (Wildman–Crippen LogP) is 3.75. The van der Waals surface area contributed by atoms with Crippen LogP contribution in [0.2, 0.25) is 0 Å². The molecule has 0 aliphatic carbocycles. The lowest BCUT2D eigenvalue weighted by Gasteiger charge is -2.29. The number of para-hydroxylation sites is 3. The highest BCUT2D eigenvalue weighted by Crippen LogP contribution is 2.48. The van der Waals surface area contributed by atoms with Crippen molar-refractivity contribution in [3.8, 4) is 11.5 Å². The molecule has 0 bridgehead atoms. The Morgan fingerprint density at radius 2 is 1.47 bits per heavy atom. The molecule has 2 aliphatic heterocycles. The molecule has 2 saturated heterocycles. The Hall–Kier alpha value is -3.84. The number of benzene rings is 3. The first-order valence-electron chi connectivity index (χ1n) is 10.3. The summed E-state index contributed by atoms with van der Waals surface area (Å²) in [6.45, 7) is 0. The van der Waals surface area contributed by atoms with Gasteiger partial charge in [-0.3, -0.25) is 14.4 Å². The number of rotatable bonds is 5. The van der Waals surface area contributed by atoms with Gasteiger partial charge in [0.2, 0.25) is 5.91 Å². The summed E-state index contributed by atoms with van der Waals surface area (Å²) in [4.78, 5) is 34.4. The largest absolute Gasteiger partial charge is 0.497 e. The maximum Gasteiger partial charge on any atom is 0.266 e.